The van der Waals surface area contributed by atoms with Gasteiger partial charge in [0.25, 0.3) is 0 Å². The van der Waals surface area contributed by atoms with Gasteiger partial charge in [-0.2, -0.15) is 0 Å². The third kappa shape index (κ3) is 3.83. The molecule has 136 valence electrons. The van der Waals surface area contributed by atoms with Crippen LogP contribution in [0.4, 0.5) is 0 Å². The molecule has 0 radical (unpaired) electrons. The van der Waals surface area contributed by atoms with Crippen LogP contribution in [0.1, 0.15) is 30.0 Å². The Morgan fingerprint density at radius 2 is 1.81 bits per heavy atom. The number of aryl methyl sites for hydroxylation is 1. The Labute approximate surface area is 164 Å². The Bertz CT molecular complexity index is 1090. The molecule has 1 heterocycles. The summed E-state index contributed by atoms with van der Waals surface area (Å²) in [6, 6.07) is 24.2. The molecule has 0 N–H and O–H groups in total. The van der Waals surface area contributed by atoms with Crippen LogP contribution in [0, 0.1) is 6.92 Å². The van der Waals surface area contributed by atoms with E-state index in [9.17, 15) is 0 Å². The van der Waals surface area contributed by atoms with Crippen LogP contribution in [0.2, 0.25) is 5.02 Å². The molecule has 0 saturated heterocycles. The number of ether oxygens (including phenoxy) is 1. The molecule has 0 aliphatic carbocycles. The summed E-state index contributed by atoms with van der Waals surface area (Å²) in [4.78, 5) is 4.85. The molecule has 4 heteroatoms. The average Bonchev–Trinajstić information content (AvgIpc) is 3.01. The number of imidazole rings is 1. The fraction of sp³-hybridized carbons (Fsp3) is 0.174. The third-order valence-electron chi connectivity index (χ3n) is 4.58. The van der Waals surface area contributed by atoms with Crippen molar-refractivity contribution in [3.63, 3.8) is 0 Å². The van der Waals surface area contributed by atoms with Crippen molar-refractivity contribution in [2.75, 3.05) is 0 Å². The molecule has 1 aromatic heterocycles. The van der Waals surface area contributed by atoms with Crippen LogP contribution in [0.25, 0.3) is 11.0 Å². The number of benzene rings is 3. The predicted octanol–water partition coefficient (Wildman–Crippen LogP) is 6.19. The van der Waals surface area contributed by atoms with Crippen LogP contribution in [-0.2, 0) is 6.54 Å². The van der Waals surface area contributed by atoms with Gasteiger partial charge in [-0.25, -0.2) is 4.98 Å². The molecule has 4 aromatic rings. The Morgan fingerprint density at radius 1 is 1.00 bits per heavy atom. The highest BCUT2D eigenvalue weighted by Crippen LogP contribution is 2.27. The number of halogens is 1. The summed E-state index contributed by atoms with van der Waals surface area (Å²) in [6.07, 6.45) is -0.182. The molecule has 0 bridgehead atoms. The van der Waals surface area contributed by atoms with Gasteiger partial charge in [0.2, 0.25) is 0 Å². The first-order valence-corrected chi connectivity index (χ1v) is 9.41. The van der Waals surface area contributed by atoms with Crippen molar-refractivity contribution in [2.24, 2.45) is 0 Å². The summed E-state index contributed by atoms with van der Waals surface area (Å²) in [5, 5.41) is 0.738. The van der Waals surface area contributed by atoms with E-state index in [1.165, 1.54) is 5.56 Å². The summed E-state index contributed by atoms with van der Waals surface area (Å²) in [5.74, 6) is 1.75. The quantitative estimate of drug-likeness (QED) is 0.415. The molecular weight excluding hydrogens is 356 g/mol. The number of para-hydroxylation sites is 2. The standard InChI is InChI=1S/C23H21ClN2O/c1-16-7-5-10-20(13-16)27-17(2)23-25-21-11-3-4-12-22(21)26(23)15-18-8-6-9-19(24)14-18/h3-14,17H,15H2,1-2H3. The molecule has 4 rings (SSSR count). The van der Waals surface area contributed by atoms with Crippen molar-refractivity contribution in [1.29, 1.82) is 0 Å². The Kier molecular flexibility index (Phi) is 4.87. The highest BCUT2D eigenvalue weighted by molar-refractivity contribution is 6.30. The van der Waals surface area contributed by atoms with Gasteiger partial charge in [-0.1, -0.05) is 48.0 Å². The van der Waals surface area contributed by atoms with E-state index >= 15 is 0 Å². The molecule has 0 saturated carbocycles. The van der Waals surface area contributed by atoms with Crippen molar-refractivity contribution < 1.29 is 4.74 Å². The van der Waals surface area contributed by atoms with Crippen molar-refractivity contribution in [2.45, 2.75) is 26.5 Å². The van der Waals surface area contributed by atoms with Gasteiger partial charge >= 0.3 is 0 Å². The zero-order valence-corrected chi connectivity index (χ0v) is 16.1. The molecular formula is C23H21ClN2O. The van der Waals surface area contributed by atoms with Gasteiger partial charge < -0.3 is 9.30 Å². The molecule has 0 amide bonds. The highest BCUT2D eigenvalue weighted by atomic mass is 35.5. The van der Waals surface area contributed by atoms with Crippen molar-refractivity contribution in [1.82, 2.24) is 9.55 Å². The van der Waals surface area contributed by atoms with Gasteiger partial charge in [-0.05, 0) is 61.4 Å². The van der Waals surface area contributed by atoms with Gasteiger partial charge in [-0.3, -0.25) is 0 Å². The lowest BCUT2D eigenvalue weighted by Gasteiger charge is -2.17. The van der Waals surface area contributed by atoms with Crippen LogP contribution in [-0.4, -0.2) is 9.55 Å². The fourth-order valence-corrected chi connectivity index (χ4v) is 3.55. The summed E-state index contributed by atoms with van der Waals surface area (Å²) in [7, 11) is 0. The first kappa shape index (κ1) is 17.6. The SMILES string of the molecule is Cc1cccc(OC(C)c2nc3ccccc3n2Cc2cccc(Cl)c2)c1. The Hall–Kier alpha value is -2.78. The van der Waals surface area contributed by atoms with E-state index in [1.54, 1.807) is 0 Å². The smallest absolute Gasteiger partial charge is 0.153 e. The first-order valence-electron chi connectivity index (χ1n) is 9.03. The van der Waals surface area contributed by atoms with E-state index in [4.69, 9.17) is 21.3 Å². The van der Waals surface area contributed by atoms with Gasteiger partial charge in [0.15, 0.2) is 11.9 Å². The van der Waals surface area contributed by atoms with Crippen molar-refractivity contribution >= 4 is 22.6 Å². The van der Waals surface area contributed by atoms with Crippen LogP contribution in [0.15, 0.2) is 72.8 Å². The minimum absolute atomic E-state index is 0.182. The normalized spacial score (nSPS) is 12.3. The summed E-state index contributed by atoms with van der Waals surface area (Å²) in [6.45, 7) is 4.79. The molecule has 0 spiro atoms. The lowest BCUT2D eigenvalue weighted by Crippen LogP contribution is -2.12. The van der Waals surface area contributed by atoms with E-state index in [-0.39, 0.29) is 6.10 Å². The summed E-state index contributed by atoms with van der Waals surface area (Å²) < 4.78 is 8.41. The number of hydrogen-bond acceptors (Lipinski definition) is 2. The number of hydrogen-bond donors (Lipinski definition) is 0. The van der Waals surface area contributed by atoms with Crippen molar-refractivity contribution in [3.8, 4) is 5.75 Å². The van der Waals surface area contributed by atoms with Crippen LogP contribution in [0.3, 0.4) is 0 Å². The zero-order chi connectivity index (χ0) is 18.8. The molecule has 0 aliphatic rings. The second-order valence-corrected chi connectivity index (χ2v) is 7.19. The monoisotopic (exact) mass is 376 g/mol. The second kappa shape index (κ2) is 7.45. The minimum Gasteiger partial charge on any atom is -0.483 e. The second-order valence-electron chi connectivity index (χ2n) is 6.75. The van der Waals surface area contributed by atoms with Gasteiger partial charge in [0, 0.05) is 11.6 Å². The van der Waals surface area contributed by atoms with Crippen LogP contribution < -0.4 is 4.74 Å². The van der Waals surface area contributed by atoms with Gasteiger partial charge in [0.05, 0.1) is 11.0 Å². The maximum absolute atomic E-state index is 6.20. The van der Waals surface area contributed by atoms with Gasteiger partial charge in [0.1, 0.15) is 5.75 Å². The minimum atomic E-state index is -0.182. The lowest BCUT2D eigenvalue weighted by atomic mass is 10.2. The maximum atomic E-state index is 6.20. The predicted molar refractivity (Wildman–Crippen MR) is 111 cm³/mol. The molecule has 1 unspecified atom stereocenters. The van der Waals surface area contributed by atoms with E-state index < -0.39 is 0 Å². The Balaban J connectivity index is 1.73. The van der Waals surface area contributed by atoms with E-state index in [2.05, 4.69) is 29.7 Å². The van der Waals surface area contributed by atoms with Crippen LogP contribution in [0.5, 0.6) is 5.75 Å². The number of nitrogens with zero attached hydrogens (tertiary/aromatic N) is 2. The van der Waals surface area contributed by atoms with E-state index in [0.29, 0.717) is 6.54 Å². The van der Waals surface area contributed by atoms with Gasteiger partial charge in [-0.15, -0.1) is 0 Å². The summed E-state index contributed by atoms with van der Waals surface area (Å²) >= 11 is 6.18. The number of rotatable bonds is 5. The Morgan fingerprint density at radius 3 is 2.63 bits per heavy atom. The topological polar surface area (TPSA) is 27.1 Å². The number of fused-ring (bicyclic) bond motifs is 1. The van der Waals surface area contributed by atoms with Crippen molar-refractivity contribution in [3.05, 3.63) is 94.8 Å². The molecule has 3 nitrogen and oxygen atoms in total. The van der Waals surface area contributed by atoms with E-state index in [1.807, 2.05) is 61.5 Å². The largest absolute Gasteiger partial charge is 0.483 e. The molecule has 3 aromatic carbocycles. The average molecular weight is 377 g/mol. The molecule has 0 fully saturated rings. The third-order valence-corrected chi connectivity index (χ3v) is 4.81. The first-order chi connectivity index (χ1) is 13.1. The zero-order valence-electron chi connectivity index (χ0n) is 15.4. The molecule has 27 heavy (non-hydrogen) atoms. The molecule has 1 atom stereocenters. The van der Waals surface area contributed by atoms with E-state index in [0.717, 1.165) is 33.2 Å². The maximum Gasteiger partial charge on any atom is 0.153 e. The highest BCUT2D eigenvalue weighted by Gasteiger charge is 2.18. The summed E-state index contributed by atoms with van der Waals surface area (Å²) in [5.41, 5.74) is 4.36. The lowest BCUT2D eigenvalue weighted by molar-refractivity contribution is 0.212. The number of aromatic nitrogens is 2. The molecule has 0 aliphatic heterocycles. The van der Waals surface area contributed by atoms with Crippen LogP contribution >= 0.6 is 11.6 Å². The fourth-order valence-electron chi connectivity index (χ4n) is 3.33.